The molecule has 22 heavy (non-hydrogen) atoms. The Labute approximate surface area is 137 Å². The molecule has 0 saturated heterocycles. The van der Waals surface area contributed by atoms with Gasteiger partial charge in [-0.1, -0.05) is 28.1 Å². The third-order valence-corrected chi connectivity index (χ3v) is 4.00. The summed E-state index contributed by atoms with van der Waals surface area (Å²) in [5, 5.41) is 25.4. The van der Waals surface area contributed by atoms with E-state index in [4.69, 9.17) is 0 Å². The minimum Gasteiger partial charge on any atom is -0.378 e. The van der Waals surface area contributed by atoms with Crippen LogP contribution in [0.4, 0.5) is 5.69 Å². The number of benzene rings is 1. The molecule has 0 aliphatic heterocycles. The van der Waals surface area contributed by atoms with E-state index in [1.165, 1.54) is 17.7 Å². The van der Waals surface area contributed by atoms with Gasteiger partial charge in [0, 0.05) is 10.5 Å². The highest BCUT2D eigenvalue weighted by Gasteiger charge is 2.16. The van der Waals surface area contributed by atoms with E-state index in [1.54, 1.807) is 24.3 Å². The Bertz CT molecular complexity index is 714. The summed E-state index contributed by atoms with van der Waals surface area (Å²) in [5.74, 6) is -0.690. The Morgan fingerprint density at radius 3 is 2.73 bits per heavy atom. The Balaban J connectivity index is 1.95. The maximum Gasteiger partial charge on any atom is 0.280 e. The molecule has 1 atom stereocenters. The second-order valence-corrected chi connectivity index (χ2v) is 6.01. The lowest BCUT2D eigenvalue weighted by atomic mass is 10.1. The van der Waals surface area contributed by atoms with Crippen molar-refractivity contribution in [2.45, 2.75) is 6.10 Å². The largest absolute Gasteiger partial charge is 0.378 e. The molecule has 2 aromatic rings. The van der Waals surface area contributed by atoms with Crippen LogP contribution in [0.1, 0.15) is 16.5 Å². The molecule has 2 rings (SSSR count). The number of carbonyl (C=O) groups excluding carboxylic acids is 1. The number of nitro groups is 1. The molecule has 1 unspecified atom stereocenters. The zero-order valence-electron chi connectivity index (χ0n) is 11.0. The molecular weight excluding hydrogens is 374 g/mol. The smallest absolute Gasteiger partial charge is 0.280 e. The lowest BCUT2D eigenvalue weighted by molar-refractivity contribution is -0.384. The molecule has 0 aliphatic carbocycles. The summed E-state index contributed by atoms with van der Waals surface area (Å²) < 4.78 is 0.834. The fourth-order valence-corrected chi connectivity index (χ4v) is 2.50. The van der Waals surface area contributed by atoms with Gasteiger partial charge >= 0.3 is 0 Å². The van der Waals surface area contributed by atoms with E-state index in [-0.39, 0.29) is 5.69 Å². The number of halogens is 1. The van der Waals surface area contributed by atoms with Gasteiger partial charge in [-0.05, 0) is 17.7 Å². The van der Waals surface area contributed by atoms with E-state index in [0.29, 0.717) is 10.4 Å². The molecule has 0 saturated carbocycles. The third-order valence-electron chi connectivity index (χ3n) is 2.62. The summed E-state index contributed by atoms with van der Waals surface area (Å²) in [6.07, 6.45) is -0.0629. The van der Waals surface area contributed by atoms with Gasteiger partial charge in [0.1, 0.15) is 0 Å². The predicted octanol–water partition coefficient (Wildman–Crippen LogP) is 2.60. The first-order valence-corrected chi connectivity index (χ1v) is 7.64. The van der Waals surface area contributed by atoms with Gasteiger partial charge in [0.05, 0.1) is 21.4 Å². The van der Waals surface area contributed by atoms with Gasteiger partial charge in [-0.2, -0.15) is 5.10 Å². The zero-order valence-corrected chi connectivity index (χ0v) is 13.4. The summed E-state index contributed by atoms with van der Waals surface area (Å²) in [6.45, 7) is 0. The summed E-state index contributed by atoms with van der Waals surface area (Å²) in [6, 6.07) is 7.98. The van der Waals surface area contributed by atoms with Crippen LogP contribution in [0.5, 0.6) is 0 Å². The predicted molar refractivity (Wildman–Crippen MR) is 85.8 cm³/mol. The quantitative estimate of drug-likeness (QED) is 0.470. The lowest BCUT2D eigenvalue weighted by Crippen LogP contribution is -2.25. The Kier molecular flexibility index (Phi) is 5.36. The van der Waals surface area contributed by atoms with Crippen LogP contribution in [0, 0.1) is 10.1 Å². The van der Waals surface area contributed by atoms with Crippen molar-refractivity contribution in [3.8, 4) is 0 Å². The highest BCUT2D eigenvalue weighted by Crippen LogP contribution is 2.19. The number of hydrogen-bond acceptors (Lipinski definition) is 6. The topological polar surface area (TPSA) is 105 Å². The van der Waals surface area contributed by atoms with Gasteiger partial charge in [0.25, 0.3) is 11.6 Å². The first-order valence-electron chi connectivity index (χ1n) is 5.97. The van der Waals surface area contributed by atoms with E-state index in [2.05, 4.69) is 26.5 Å². The average Bonchev–Trinajstić information content (AvgIpc) is 2.96. The van der Waals surface area contributed by atoms with E-state index in [0.717, 1.165) is 15.8 Å². The summed E-state index contributed by atoms with van der Waals surface area (Å²) in [5.41, 5.74) is 2.59. The van der Waals surface area contributed by atoms with Crippen LogP contribution in [-0.2, 0) is 4.79 Å². The van der Waals surface area contributed by atoms with Gasteiger partial charge in [0.15, 0.2) is 6.10 Å². The molecule has 0 radical (unpaired) electrons. The Hall–Kier alpha value is -2.10. The van der Waals surface area contributed by atoms with Crippen molar-refractivity contribution < 1.29 is 14.8 Å². The number of hydrazone groups is 1. The van der Waals surface area contributed by atoms with Gasteiger partial charge < -0.3 is 5.11 Å². The number of nitrogens with one attached hydrogen (secondary N) is 1. The Morgan fingerprint density at radius 1 is 1.45 bits per heavy atom. The normalized spacial score (nSPS) is 12.3. The van der Waals surface area contributed by atoms with Gasteiger partial charge in [-0.25, -0.2) is 5.43 Å². The minimum atomic E-state index is -1.34. The molecule has 9 heteroatoms. The fourth-order valence-electron chi connectivity index (χ4n) is 1.52. The lowest BCUT2D eigenvalue weighted by Gasteiger charge is -2.08. The number of carbonyl (C=O) groups is 1. The molecule has 1 aromatic heterocycles. The summed E-state index contributed by atoms with van der Waals surface area (Å²) in [4.78, 5) is 22.3. The fraction of sp³-hybridized carbons (Fsp3) is 0.0769. The molecular formula is C13H10BrN3O4S. The number of aliphatic hydroxyl groups excluding tert-OH is 1. The molecule has 0 spiro atoms. The second kappa shape index (κ2) is 7.25. The van der Waals surface area contributed by atoms with E-state index < -0.39 is 16.9 Å². The molecule has 114 valence electrons. The van der Waals surface area contributed by atoms with Crippen molar-refractivity contribution in [1.82, 2.24) is 5.43 Å². The molecule has 1 aromatic carbocycles. The van der Waals surface area contributed by atoms with Crippen LogP contribution in [0.25, 0.3) is 0 Å². The molecule has 2 N–H and O–H groups in total. The standard InChI is InChI=1S/C13H10BrN3O4S/c14-9-3-1-8(2-4-9)12(18)13(19)16-15-6-11-5-10(7-22-11)17(20)21/h1-7,12,18H,(H,16,19)/b15-6+. The first-order chi connectivity index (χ1) is 10.5. The van der Waals surface area contributed by atoms with Crippen LogP contribution in [0.3, 0.4) is 0 Å². The third kappa shape index (κ3) is 4.20. The molecule has 0 aliphatic rings. The van der Waals surface area contributed by atoms with Crippen molar-refractivity contribution in [2.24, 2.45) is 5.10 Å². The highest BCUT2D eigenvalue weighted by molar-refractivity contribution is 9.10. The maximum atomic E-state index is 11.7. The van der Waals surface area contributed by atoms with Gasteiger partial charge in [-0.3, -0.25) is 14.9 Å². The molecule has 7 nitrogen and oxygen atoms in total. The highest BCUT2D eigenvalue weighted by atomic mass is 79.9. The summed E-state index contributed by atoms with van der Waals surface area (Å²) >= 11 is 4.38. The van der Waals surface area contributed by atoms with E-state index in [1.807, 2.05) is 0 Å². The van der Waals surface area contributed by atoms with Crippen LogP contribution in [0.15, 0.2) is 45.3 Å². The molecule has 0 bridgehead atoms. The first kappa shape index (κ1) is 16.3. The van der Waals surface area contributed by atoms with E-state index >= 15 is 0 Å². The SMILES string of the molecule is O=C(N/N=C/c1cc([N+](=O)[O-])cs1)C(O)c1ccc(Br)cc1. The second-order valence-electron chi connectivity index (χ2n) is 4.15. The van der Waals surface area contributed by atoms with Crippen molar-refractivity contribution in [2.75, 3.05) is 0 Å². The number of thiophene rings is 1. The van der Waals surface area contributed by atoms with Crippen LogP contribution in [-0.4, -0.2) is 22.2 Å². The van der Waals surface area contributed by atoms with Gasteiger partial charge in [0.2, 0.25) is 0 Å². The maximum absolute atomic E-state index is 11.7. The monoisotopic (exact) mass is 383 g/mol. The molecule has 1 amide bonds. The van der Waals surface area contributed by atoms with Crippen molar-refractivity contribution in [3.63, 3.8) is 0 Å². The number of aliphatic hydroxyl groups is 1. The number of hydrogen-bond donors (Lipinski definition) is 2. The summed E-state index contributed by atoms with van der Waals surface area (Å²) in [7, 11) is 0. The average molecular weight is 384 g/mol. The minimum absolute atomic E-state index is 0.0346. The molecule has 1 heterocycles. The van der Waals surface area contributed by atoms with Crippen molar-refractivity contribution >= 4 is 45.1 Å². The number of amides is 1. The van der Waals surface area contributed by atoms with Gasteiger partial charge in [-0.15, -0.1) is 11.3 Å². The van der Waals surface area contributed by atoms with Crippen molar-refractivity contribution in [1.29, 1.82) is 0 Å². The van der Waals surface area contributed by atoms with Crippen LogP contribution >= 0.6 is 27.3 Å². The molecule has 0 fully saturated rings. The number of rotatable bonds is 5. The van der Waals surface area contributed by atoms with Crippen LogP contribution in [0.2, 0.25) is 0 Å². The van der Waals surface area contributed by atoms with Crippen molar-refractivity contribution in [3.05, 3.63) is 60.7 Å². The van der Waals surface area contributed by atoms with Crippen LogP contribution < -0.4 is 5.43 Å². The van der Waals surface area contributed by atoms with E-state index in [9.17, 15) is 20.0 Å². The Morgan fingerprint density at radius 2 is 2.14 bits per heavy atom. The zero-order chi connectivity index (χ0) is 16.1. The number of nitrogens with zero attached hydrogens (tertiary/aromatic N) is 2.